The van der Waals surface area contributed by atoms with Crippen LogP contribution in [0.1, 0.15) is 79.0 Å². The van der Waals surface area contributed by atoms with Gasteiger partial charge in [-0.1, -0.05) is 92.1 Å². The molecule has 1 aromatic heterocycles. The highest BCUT2D eigenvalue weighted by Gasteiger charge is 2.23. The summed E-state index contributed by atoms with van der Waals surface area (Å²) in [4.78, 5) is 2.37. The second-order valence-electron chi connectivity index (χ2n) is 12.7. The zero-order chi connectivity index (χ0) is 25.8. The average molecular weight is 504 g/mol. The van der Waals surface area contributed by atoms with Crippen molar-refractivity contribution in [2.45, 2.75) is 78.6 Å². The summed E-state index contributed by atoms with van der Waals surface area (Å²) in [5.74, 6) is 0. The smallest absolute Gasteiger partial charge is 0.0647 e. The summed E-state index contributed by atoms with van der Waals surface area (Å²) < 4.78 is 1.29. The van der Waals surface area contributed by atoms with Crippen LogP contribution in [-0.4, -0.2) is 0 Å². The summed E-state index contributed by atoms with van der Waals surface area (Å²) in [5.41, 5.74) is 7.51. The van der Waals surface area contributed by atoms with Crippen LogP contribution in [0.4, 0.5) is 17.1 Å². The number of benzene rings is 3. The lowest BCUT2D eigenvalue weighted by atomic mass is 9.86. The Morgan fingerprint density at radius 3 is 1.74 bits per heavy atom. The number of rotatable bonds is 3. The molecule has 0 aliphatic carbocycles. The van der Waals surface area contributed by atoms with Crippen LogP contribution in [0.15, 0.2) is 66.0 Å². The Labute approximate surface area is 220 Å². The molecule has 0 bridgehead atoms. The number of thiophene rings is 1. The lowest BCUT2D eigenvalue weighted by molar-refractivity contribution is 0.590. The first-order valence-corrected chi connectivity index (χ1v) is 13.6. The highest BCUT2D eigenvalue weighted by molar-refractivity contribution is 7.17. The van der Waals surface area contributed by atoms with Gasteiger partial charge in [-0.25, -0.2) is 0 Å². The van der Waals surface area contributed by atoms with E-state index in [1.165, 1.54) is 32.5 Å². The molecule has 4 aromatic rings. The first kappa shape index (κ1) is 25.8. The molecular formula is C32H38ClNS. The molecule has 0 fully saturated rings. The van der Waals surface area contributed by atoms with Crippen LogP contribution in [0.5, 0.6) is 0 Å². The topological polar surface area (TPSA) is 3.24 Å². The zero-order valence-corrected chi connectivity index (χ0v) is 24.2. The lowest BCUT2D eigenvalue weighted by Gasteiger charge is -2.29. The number of nitrogens with zero attached hydrogens (tertiary/aromatic N) is 1. The number of halogens is 1. The predicted octanol–water partition coefficient (Wildman–Crippen LogP) is 10.9. The van der Waals surface area contributed by atoms with E-state index in [-0.39, 0.29) is 16.2 Å². The average Bonchev–Trinajstić information content (AvgIpc) is 3.15. The van der Waals surface area contributed by atoms with Crippen molar-refractivity contribution in [3.8, 4) is 0 Å². The molecule has 0 aliphatic heterocycles. The number of hydrogen-bond donors (Lipinski definition) is 0. The van der Waals surface area contributed by atoms with Gasteiger partial charge in [0.2, 0.25) is 0 Å². The number of hydrogen-bond acceptors (Lipinski definition) is 2. The van der Waals surface area contributed by atoms with Gasteiger partial charge in [0.25, 0.3) is 0 Å². The summed E-state index contributed by atoms with van der Waals surface area (Å²) in [7, 11) is 0. The van der Waals surface area contributed by atoms with Gasteiger partial charge in [-0.05, 0) is 75.4 Å². The molecule has 0 saturated carbocycles. The Morgan fingerprint density at radius 1 is 0.600 bits per heavy atom. The second-order valence-corrected chi connectivity index (χ2v) is 14.0. The third-order valence-electron chi connectivity index (χ3n) is 6.66. The van der Waals surface area contributed by atoms with Crippen molar-refractivity contribution in [2.75, 3.05) is 4.90 Å². The van der Waals surface area contributed by atoms with E-state index in [9.17, 15) is 0 Å². The molecule has 0 unspecified atom stereocenters. The monoisotopic (exact) mass is 503 g/mol. The molecule has 4 rings (SSSR count). The minimum atomic E-state index is -0.00245. The highest BCUT2D eigenvalue weighted by atomic mass is 35.5. The first-order chi connectivity index (χ1) is 16.1. The van der Waals surface area contributed by atoms with Crippen molar-refractivity contribution in [3.63, 3.8) is 0 Å². The van der Waals surface area contributed by atoms with Crippen LogP contribution < -0.4 is 4.90 Å². The molecule has 3 heteroatoms. The van der Waals surface area contributed by atoms with Gasteiger partial charge in [0.05, 0.1) is 5.69 Å². The van der Waals surface area contributed by atoms with Gasteiger partial charge in [-0.3, -0.25) is 0 Å². The molecule has 184 valence electrons. The van der Waals surface area contributed by atoms with Crippen LogP contribution in [0, 0.1) is 0 Å². The fourth-order valence-electron chi connectivity index (χ4n) is 4.33. The summed E-state index contributed by atoms with van der Waals surface area (Å²) in [5, 5.41) is 4.32. The van der Waals surface area contributed by atoms with Crippen molar-refractivity contribution in [1.82, 2.24) is 0 Å². The maximum Gasteiger partial charge on any atom is 0.0647 e. The van der Waals surface area contributed by atoms with Crippen molar-refractivity contribution in [3.05, 3.63) is 87.8 Å². The van der Waals surface area contributed by atoms with Crippen LogP contribution >= 0.6 is 22.9 Å². The number of fused-ring (bicyclic) bond motifs is 1. The third kappa shape index (κ3) is 5.44. The molecule has 0 radical (unpaired) electrons. The molecule has 1 nitrogen and oxygen atoms in total. The van der Waals surface area contributed by atoms with Crippen molar-refractivity contribution in [2.24, 2.45) is 0 Å². The van der Waals surface area contributed by atoms with Gasteiger partial charge >= 0.3 is 0 Å². The standard InChI is InChI=1S/C32H38ClNS/c1-30(2,3)21-10-13-25(14-11-21)34(26-17-23(32(7,8)9)16-24(33)19-26)28-20-35-29-15-12-22(18-27(28)29)31(4,5)6/h10-20H,1-9H3. The first-order valence-electron chi connectivity index (χ1n) is 12.4. The fourth-order valence-corrected chi connectivity index (χ4v) is 5.47. The van der Waals surface area contributed by atoms with E-state index in [4.69, 9.17) is 11.6 Å². The van der Waals surface area contributed by atoms with E-state index in [2.05, 4.69) is 133 Å². The Kier molecular flexibility index (Phi) is 6.62. The summed E-state index contributed by atoms with van der Waals surface area (Å²) in [6.07, 6.45) is 0. The van der Waals surface area contributed by atoms with E-state index in [1.807, 2.05) is 0 Å². The largest absolute Gasteiger partial charge is 0.309 e. The van der Waals surface area contributed by atoms with E-state index >= 15 is 0 Å². The van der Waals surface area contributed by atoms with Crippen molar-refractivity contribution in [1.29, 1.82) is 0 Å². The van der Waals surface area contributed by atoms with Crippen LogP contribution in [-0.2, 0) is 16.2 Å². The fraction of sp³-hybridized carbons (Fsp3) is 0.375. The van der Waals surface area contributed by atoms with Gasteiger partial charge in [0, 0.05) is 31.9 Å². The molecule has 35 heavy (non-hydrogen) atoms. The van der Waals surface area contributed by atoms with E-state index in [0.717, 1.165) is 16.4 Å². The van der Waals surface area contributed by atoms with Crippen LogP contribution in [0.2, 0.25) is 5.02 Å². The molecule has 0 saturated heterocycles. The van der Waals surface area contributed by atoms with Gasteiger partial charge in [-0.2, -0.15) is 0 Å². The Morgan fingerprint density at radius 2 is 1.17 bits per heavy atom. The second kappa shape index (κ2) is 8.98. The number of anilines is 3. The van der Waals surface area contributed by atoms with Crippen molar-refractivity contribution < 1.29 is 0 Å². The summed E-state index contributed by atoms with van der Waals surface area (Å²) in [6.45, 7) is 20.3. The molecule has 0 aliphatic rings. The lowest BCUT2D eigenvalue weighted by Crippen LogP contribution is -2.15. The molecule has 0 spiro atoms. The minimum absolute atomic E-state index is 0.00245. The van der Waals surface area contributed by atoms with Crippen molar-refractivity contribution >= 4 is 50.1 Å². The zero-order valence-electron chi connectivity index (χ0n) is 22.6. The maximum atomic E-state index is 6.71. The van der Waals surface area contributed by atoms with E-state index in [0.29, 0.717) is 0 Å². The third-order valence-corrected chi connectivity index (χ3v) is 7.83. The van der Waals surface area contributed by atoms with Crippen LogP contribution in [0.3, 0.4) is 0 Å². The van der Waals surface area contributed by atoms with Gasteiger partial charge in [0.1, 0.15) is 0 Å². The Bertz CT molecular complexity index is 1340. The van der Waals surface area contributed by atoms with Gasteiger partial charge in [-0.15, -0.1) is 11.3 Å². The molecule has 1 heterocycles. The highest BCUT2D eigenvalue weighted by Crippen LogP contribution is 2.45. The molecule has 0 N–H and O–H groups in total. The SMILES string of the molecule is CC(C)(C)c1ccc(N(c2cc(Cl)cc(C(C)(C)C)c2)c2csc3ccc(C(C)(C)C)cc23)cc1. The summed E-state index contributed by atoms with van der Waals surface area (Å²) >= 11 is 8.51. The summed E-state index contributed by atoms with van der Waals surface area (Å²) in [6, 6.07) is 22.4. The minimum Gasteiger partial charge on any atom is -0.309 e. The Balaban J connectivity index is 1.97. The Hall–Kier alpha value is -2.29. The normalized spacial score (nSPS) is 12.9. The van der Waals surface area contributed by atoms with Crippen LogP contribution in [0.25, 0.3) is 10.1 Å². The molecule has 0 amide bonds. The molecule has 3 aromatic carbocycles. The predicted molar refractivity (Wildman–Crippen MR) is 158 cm³/mol. The van der Waals surface area contributed by atoms with Gasteiger partial charge in [0.15, 0.2) is 0 Å². The molecule has 0 atom stereocenters. The van der Waals surface area contributed by atoms with Gasteiger partial charge < -0.3 is 4.90 Å². The molecular weight excluding hydrogens is 466 g/mol. The van der Waals surface area contributed by atoms with E-state index in [1.54, 1.807) is 11.3 Å². The van der Waals surface area contributed by atoms with E-state index < -0.39 is 0 Å². The maximum absolute atomic E-state index is 6.71. The quantitative estimate of drug-likeness (QED) is 0.268.